The highest BCUT2D eigenvalue weighted by atomic mass is 32.2. The van der Waals surface area contributed by atoms with Gasteiger partial charge in [0.15, 0.2) is 9.84 Å². The van der Waals surface area contributed by atoms with E-state index in [0.717, 1.165) is 36.8 Å². The summed E-state index contributed by atoms with van der Waals surface area (Å²) in [7, 11) is -3.11. The molecule has 1 fully saturated rings. The van der Waals surface area contributed by atoms with Crippen LogP contribution in [-0.2, 0) is 14.6 Å². The van der Waals surface area contributed by atoms with E-state index in [1.807, 2.05) is 12.1 Å². The average molecular weight is 329 g/mol. The Labute approximate surface area is 131 Å². The van der Waals surface area contributed by atoms with Crippen molar-refractivity contribution in [2.75, 3.05) is 31.8 Å². The van der Waals surface area contributed by atoms with Crippen molar-refractivity contribution >= 4 is 21.6 Å². The van der Waals surface area contributed by atoms with Gasteiger partial charge in [-0.3, -0.25) is 0 Å². The van der Waals surface area contributed by atoms with Crippen molar-refractivity contribution in [2.45, 2.75) is 29.2 Å². The number of thioether (sulfide) groups is 1. The standard InChI is InChI=1S/C15H23NO3S2/c1-3-16-15(12-8-9-19-10-12)11-20-13-4-6-14(7-5-13)21(2,17)18/h4-7,12,15-16H,3,8-11H2,1-2H3. The molecular weight excluding hydrogens is 306 g/mol. The van der Waals surface area contributed by atoms with Gasteiger partial charge in [0.2, 0.25) is 0 Å². The minimum atomic E-state index is -3.11. The number of hydrogen-bond donors (Lipinski definition) is 1. The van der Waals surface area contributed by atoms with Crippen molar-refractivity contribution < 1.29 is 13.2 Å². The zero-order chi connectivity index (χ0) is 15.3. The first-order chi connectivity index (χ1) is 10.0. The van der Waals surface area contributed by atoms with Crippen LogP contribution in [-0.4, -0.2) is 46.2 Å². The maximum atomic E-state index is 11.4. The Kier molecular flexibility index (Phi) is 6.10. The van der Waals surface area contributed by atoms with E-state index >= 15 is 0 Å². The van der Waals surface area contributed by atoms with E-state index in [1.165, 1.54) is 6.26 Å². The van der Waals surface area contributed by atoms with Crippen LogP contribution in [0.1, 0.15) is 13.3 Å². The smallest absolute Gasteiger partial charge is 0.175 e. The zero-order valence-electron chi connectivity index (χ0n) is 12.5. The molecule has 6 heteroatoms. The molecule has 1 aliphatic heterocycles. The Morgan fingerprint density at radius 1 is 1.38 bits per heavy atom. The Balaban J connectivity index is 1.94. The van der Waals surface area contributed by atoms with E-state index in [2.05, 4.69) is 12.2 Å². The fraction of sp³-hybridized carbons (Fsp3) is 0.600. The molecule has 1 saturated heterocycles. The van der Waals surface area contributed by atoms with Crippen LogP contribution >= 0.6 is 11.8 Å². The van der Waals surface area contributed by atoms with E-state index in [-0.39, 0.29) is 0 Å². The van der Waals surface area contributed by atoms with Crippen molar-refractivity contribution in [3.8, 4) is 0 Å². The van der Waals surface area contributed by atoms with Crippen LogP contribution in [0.15, 0.2) is 34.1 Å². The topological polar surface area (TPSA) is 55.4 Å². The number of benzene rings is 1. The van der Waals surface area contributed by atoms with E-state index < -0.39 is 9.84 Å². The quantitative estimate of drug-likeness (QED) is 0.777. The van der Waals surface area contributed by atoms with Crippen LogP contribution in [0.3, 0.4) is 0 Å². The molecule has 0 spiro atoms. The minimum Gasteiger partial charge on any atom is -0.381 e. The van der Waals surface area contributed by atoms with Gasteiger partial charge in [-0.2, -0.15) is 0 Å². The molecule has 0 aliphatic carbocycles. The van der Waals surface area contributed by atoms with E-state index in [4.69, 9.17) is 4.74 Å². The third kappa shape index (κ3) is 4.98. The fourth-order valence-corrected chi connectivity index (χ4v) is 4.18. The van der Waals surface area contributed by atoms with E-state index in [1.54, 1.807) is 23.9 Å². The van der Waals surface area contributed by atoms with Gasteiger partial charge in [0, 0.05) is 35.5 Å². The largest absolute Gasteiger partial charge is 0.381 e. The second-order valence-electron chi connectivity index (χ2n) is 5.34. The number of nitrogens with one attached hydrogen (secondary N) is 1. The molecule has 0 saturated carbocycles. The number of hydrogen-bond acceptors (Lipinski definition) is 5. The van der Waals surface area contributed by atoms with Gasteiger partial charge in [-0.05, 0) is 37.2 Å². The van der Waals surface area contributed by atoms with Gasteiger partial charge in [0.1, 0.15) is 0 Å². The Bertz CT molecular complexity index is 537. The number of ether oxygens (including phenoxy) is 1. The van der Waals surface area contributed by atoms with Gasteiger partial charge in [-0.15, -0.1) is 11.8 Å². The van der Waals surface area contributed by atoms with Gasteiger partial charge in [-0.1, -0.05) is 6.92 Å². The first-order valence-electron chi connectivity index (χ1n) is 7.24. The molecule has 0 aromatic heterocycles. The normalized spacial score (nSPS) is 20.6. The summed E-state index contributed by atoms with van der Waals surface area (Å²) in [4.78, 5) is 1.48. The molecule has 1 aromatic rings. The highest BCUT2D eigenvalue weighted by Gasteiger charge is 2.25. The summed E-state index contributed by atoms with van der Waals surface area (Å²) in [5, 5.41) is 3.53. The number of sulfone groups is 1. The molecule has 2 rings (SSSR count). The van der Waals surface area contributed by atoms with Crippen LogP contribution in [0.2, 0.25) is 0 Å². The van der Waals surface area contributed by atoms with Crippen LogP contribution in [0.4, 0.5) is 0 Å². The highest BCUT2D eigenvalue weighted by molar-refractivity contribution is 7.99. The van der Waals surface area contributed by atoms with E-state index in [0.29, 0.717) is 16.9 Å². The first kappa shape index (κ1) is 16.8. The predicted molar refractivity (Wildman–Crippen MR) is 86.7 cm³/mol. The first-order valence-corrected chi connectivity index (χ1v) is 10.1. The summed E-state index contributed by atoms with van der Waals surface area (Å²) in [6, 6.07) is 7.57. The molecule has 2 atom stereocenters. The summed E-state index contributed by atoms with van der Waals surface area (Å²) in [6.45, 7) is 4.77. The van der Waals surface area contributed by atoms with Gasteiger partial charge >= 0.3 is 0 Å². The highest BCUT2D eigenvalue weighted by Crippen LogP contribution is 2.25. The molecule has 0 bridgehead atoms. The lowest BCUT2D eigenvalue weighted by Crippen LogP contribution is -2.38. The van der Waals surface area contributed by atoms with Crippen molar-refractivity contribution in [2.24, 2.45) is 5.92 Å². The Morgan fingerprint density at radius 3 is 2.62 bits per heavy atom. The predicted octanol–water partition coefficient (Wildman–Crippen LogP) is 2.20. The second kappa shape index (κ2) is 7.63. The molecular formula is C15H23NO3S2. The SMILES string of the molecule is CCNC(CSc1ccc(S(C)(=O)=O)cc1)C1CCOC1. The molecule has 4 nitrogen and oxygen atoms in total. The summed E-state index contributed by atoms with van der Waals surface area (Å²) in [5.74, 6) is 1.55. The molecule has 0 radical (unpaired) electrons. The molecule has 0 amide bonds. The zero-order valence-corrected chi connectivity index (χ0v) is 14.2. The van der Waals surface area contributed by atoms with Crippen LogP contribution in [0.5, 0.6) is 0 Å². The Hall–Kier alpha value is -0.560. The maximum absolute atomic E-state index is 11.4. The van der Waals surface area contributed by atoms with Crippen LogP contribution < -0.4 is 5.32 Å². The van der Waals surface area contributed by atoms with E-state index in [9.17, 15) is 8.42 Å². The summed E-state index contributed by atoms with van der Waals surface area (Å²) in [6.07, 6.45) is 2.35. The van der Waals surface area contributed by atoms with Crippen molar-refractivity contribution in [3.05, 3.63) is 24.3 Å². The Morgan fingerprint density at radius 2 is 2.10 bits per heavy atom. The van der Waals surface area contributed by atoms with Gasteiger partial charge in [-0.25, -0.2) is 8.42 Å². The summed E-state index contributed by atoms with van der Waals surface area (Å²) < 4.78 is 28.4. The summed E-state index contributed by atoms with van der Waals surface area (Å²) >= 11 is 1.76. The van der Waals surface area contributed by atoms with Crippen molar-refractivity contribution in [1.29, 1.82) is 0 Å². The lowest BCUT2D eigenvalue weighted by molar-refractivity contribution is 0.179. The van der Waals surface area contributed by atoms with Crippen LogP contribution in [0, 0.1) is 5.92 Å². The average Bonchev–Trinajstić information content (AvgIpc) is 2.97. The fourth-order valence-electron chi connectivity index (χ4n) is 2.46. The summed E-state index contributed by atoms with van der Waals surface area (Å²) in [5.41, 5.74) is 0. The van der Waals surface area contributed by atoms with Gasteiger partial charge in [0.25, 0.3) is 0 Å². The van der Waals surface area contributed by atoms with Gasteiger partial charge in [0.05, 0.1) is 11.5 Å². The molecule has 1 heterocycles. The minimum absolute atomic E-state index is 0.374. The third-order valence-corrected chi connectivity index (χ3v) is 5.94. The molecule has 2 unspecified atom stereocenters. The lowest BCUT2D eigenvalue weighted by atomic mass is 10.0. The molecule has 1 aliphatic rings. The molecule has 118 valence electrons. The van der Waals surface area contributed by atoms with Crippen LogP contribution in [0.25, 0.3) is 0 Å². The lowest BCUT2D eigenvalue weighted by Gasteiger charge is -2.22. The molecule has 21 heavy (non-hydrogen) atoms. The third-order valence-electron chi connectivity index (χ3n) is 3.68. The molecule has 1 N–H and O–H groups in total. The molecule has 1 aromatic carbocycles. The van der Waals surface area contributed by atoms with Gasteiger partial charge < -0.3 is 10.1 Å². The maximum Gasteiger partial charge on any atom is 0.175 e. The second-order valence-corrected chi connectivity index (χ2v) is 8.45. The number of rotatable bonds is 7. The van der Waals surface area contributed by atoms with Crippen molar-refractivity contribution in [3.63, 3.8) is 0 Å². The monoisotopic (exact) mass is 329 g/mol. The van der Waals surface area contributed by atoms with Crippen molar-refractivity contribution in [1.82, 2.24) is 5.32 Å².